The fraction of sp³-hybridized carbons (Fsp3) is 1.00. The van der Waals surface area contributed by atoms with Gasteiger partial charge in [0.15, 0.2) is 0 Å². The van der Waals surface area contributed by atoms with Crippen molar-refractivity contribution in [2.45, 2.75) is 18.6 Å². The van der Waals surface area contributed by atoms with E-state index in [1.165, 1.54) is 0 Å². The summed E-state index contributed by atoms with van der Waals surface area (Å²) in [5.74, 6) is 0. The zero-order valence-corrected chi connectivity index (χ0v) is 6.68. The van der Waals surface area contributed by atoms with Gasteiger partial charge in [-0.25, -0.2) is 0 Å². The minimum Gasteiger partial charge on any atom is -0.379 e. The summed E-state index contributed by atoms with van der Waals surface area (Å²) in [5, 5.41) is 6.52. The van der Waals surface area contributed by atoms with E-state index in [9.17, 15) is 0 Å². The molecule has 0 aromatic carbocycles. The molecule has 0 aromatic rings. The van der Waals surface area contributed by atoms with Crippen LogP contribution >= 0.6 is 0 Å². The molecule has 3 heteroatoms. The number of ether oxygens (including phenoxy) is 1. The van der Waals surface area contributed by atoms with Crippen molar-refractivity contribution in [1.29, 1.82) is 0 Å². The number of hydrogen-bond acceptors (Lipinski definition) is 3. The van der Waals surface area contributed by atoms with Gasteiger partial charge in [0.25, 0.3) is 0 Å². The van der Waals surface area contributed by atoms with Crippen LogP contribution in [0.5, 0.6) is 0 Å². The summed E-state index contributed by atoms with van der Waals surface area (Å²) >= 11 is 0. The molecule has 2 N–H and O–H groups in total. The first-order valence-electron chi connectivity index (χ1n) is 3.79. The van der Waals surface area contributed by atoms with Crippen LogP contribution in [-0.2, 0) is 4.74 Å². The van der Waals surface area contributed by atoms with Crippen molar-refractivity contribution in [3.63, 3.8) is 0 Å². The second-order valence-electron chi connectivity index (χ2n) is 2.66. The van der Waals surface area contributed by atoms with E-state index in [0.29, 0.717) is 12.1 Å². The maximum atomic E-state index is 5.27. The highest BCUT2D eigenvalue weighted by atomic mass is 16.5. The third kappa shape index (κ3) is 1.68. The van der Waals surface area contributed by atoms with Crippen LogP contribution in [0, 0.1) is 0 Å². The Hall–Kier alpha value is -0.120. The number of rotatable bonds is 2. The maximum Gasteiger partial charge on any atom is 0.0848 e. The summed E-state index contributed by atoms with van der Waals surface area (Å²) in [7, 11) is 3.75. The molecule has 0 aliphatic carbocycles. The summed E-state index contributed by atoms with van der Waals surface area (Å²) < 4.78 is 5.27. The van der Waals surface area contributed by atoms with Crippen LogP contribution in [0.15, 0.2) is 0 Å². The highest BCUT2D eigenvalue weighted by Gasteiger charge is 2.22. The molecule has 0 amide bonds. The van der Waals surface area contributed by atoms with Gasteiger partial charge in [0.1, 0.15) is 0 Å². The molecular weight excluding hydrogens is 128 g/mol. The molecule has 60 valence electrons. The van der Waals surface area contributed by atoms with Crippen molar-refractivity contribution in [2.24, 2.45) is 0 Å². The molecule has 1 heterocycles. The smallest absolute Gasteiger partial charge is 0.0848 e. The Morgan fingerprint density at radius 2 is 2.40 bits per heavy atom. The van der Waals surface area contributed by atoms with Crippen LogP contribution in [0.3, 0.4) is 0 Å². The van der Waals surface area contributed by atoms with Gasteiger partial charge >= 0.3 is 0 Å². The number of nitrogens with one attached hydrogen (secondary N) is 2. The first-order chi connectivity index (χ1) is 4.88. The predicted octanol–water partition coefficient (Wildman–Crippen LogP) is -0.417. The molecule has 1 saturated heterocycles. The molecule has 1 rings (SSSR count). The Morgan fingerprint density at radius 1 is 1.60 bits per heavy atom. The third-order valence-electron chi connectivity index (χ3n) is 2.10. The summed E-state index contributed by atoms with van der Waals surface area (Å²) in [6.07, 6.45) is 1.51. The number of methoxy groups -OCH3 is 1. The number of likely N-dealkylation sites (N-methyl/N-ethyl adjacent to an activating group) is 1. The van der Waals surface area contributed by atoms with Gasteiger partial charge in [0.05, 0.1) is 6.10 Å². The lowest BCUT2D eigenvalue weighted by Crippen LogP contribution is -2.50. The van der Waals surface area contributed by atoms with Crippen LogP contribution in [0.4, 0.5) is 0 Å². The molecule has 10 heavy (non-hydrogen) atoms. The Labute approximate surface area is 62.1 Å². The number of piperidine rings is 1. The molecule has 3 nitrogen and oxygen atoms in total. The maximum absolute atomic E-state index is 5.27. The lowest BCUT2D eigenvalue weighted by molar-refractivity contribution is 0.0545. The van der Waals surface area contributed by atoms with E-state index in [4.69, 9.17) is 4.74 Å². The Balaban J connectivity index is 2.34. The second kappa shape index (κ2) is 3.91. The molecule has 1 aliphatic heterocycles. The lowest BCUT2D eigenvalue weighted by atomic mass is 10.0. The normalized spacial score (nSPS) is 34.2. The van der Waals surface area contributed by atoms with E-state index in [-0.39, 0.29) is 0 Å². The Bertz CT molecular complexity index is 85.6. The number of hydrogen-bond donors (Lipinski definition) is 2. The van der Waals surface area contributed by atoms with Gasteiger partial charge in [-0.3, -0.25) is 0 Å². The van der Waals surface area contributed by atoms with Crippen LogP contribution in [0.2, 0.25) is 0 Å². The third-order valence-corrected chi connectivity index (χ3v) is 2.10. The van der Waals surface area contributed by atoms with Crippen molar-refractivity contribution in [3.05, 3.63) is 0 Å². The van der Waals surface area contributed by atoms with Crippen molar-refractivity contribution < 1.29 is 4.74 Å². The summed E-state index contributed by atoms with van der Waals surface area (Å²) in [5.41, 5.74) is 0. The highest BCUT2D eigenvalue weighted by molar-refractivity contribution is 4.82. The SMILES string of the molecule is CN[C@H]1CCNC[C@H]1OC. The first-order valence-corrected chi connectivity index (χ1v) is 3.79. The Kier molecular flexibility index (Phi) is 3.12. The van der Waals surface area contributed by atoms with E-state index in [1.54, 1.807) is 7.11 Å². The summed E-state index contributed by atoms with van der Waals surface area (Å²) in [6, 6.07) is 0.534. The van der Waals surface area contributed by atoms with Gasteiger partial charge in [-0.1, -0.05) is 0 Å². The Morgan fingerprint density at radius 3 is 2.90 bits per heavy atom. The van der Waals surface area contributed by atoms with Gasteiger partial charge in [-0.2, -0.15) is 0 Å². The zero-order valence-electron chi connectivity index (χ0n) is 6.68. The van der Waals surface area contributed by atoms with Crippen LogP contribution in [0.25, 0.3) is 0 Å². The van der Waals surface area contributed by atoms with Crippen LogP contribution < -0.4 is 10.6 Å². The van der Waals surface area contributed by atoms with Crippen molar-refractivity contribution in [2.75, 3.05) is 27.2 Å². The van der Waals surface area contributed by atoms with E-state index >= 15 is 0 Å². The van der Waals surface area contributed by atoms with Gasteiger partial charge in [-0.15, -0.1) is 0 Å². The summed E-state index contributed by atoms with van der Waals surface area (Å²) in [6.45, 7) is 2.08. The molecule has 1 aliphatic rings. The average Bonchev–Trinajstić information content (AvgIpc) is 2.04. The minimum atomic E-state index is 0.346. The predicted molar refractivity (Wildman–Crippen MR) is 41.1 cm³/mol. The first kappa shape index (κ1) is 7.98. The molecule has 2 atom stereocenters. The second-order valence-corrected chi connectivity index (χ2v) is 2.66. The van der Waals surface area contributed by atoms with Crippen molar-refractivity contribution in [3.8, 4) is 0 Å². The van der Waals surface area contributed by atoms with Crippen LogP contribution in [0.1, 0.15) is 6.42 Å². The van der Waals surface area contributed by atoms with E-state index in [1.807, 2.05) is 7.05 Å². The molecule has 0 radical (unpaired) electrons. The van der Waals surface area contributed by atoms with Crippen LogP contribution in [-0.4, -0.2) is 39.4 Å². The monoisotopic (exact) mass is 144 g/mol. The molecule has 0 bridgehead atoms. The molecule has 0 spiro atoms. The lowest BCUT2D eigenvalue weighted by Gasteiger charge is -2.30. The van der Waals surface area contributed by atoms with E-state index < -0.39 is 0 Å². The van der Waals surface area contributed by atoms with Gasteiger partial charge in [0.2, 0.25) is 0 Å². The topological polar surface area (TPSA) is 33.3 Å². The minimum absolute atomic E-state index is 0.346. The van der Waals surface area contributed by atoms with Gasteiger partial charge < -0.3 is 15.4 Å². The zero-order chi connectivity index (χ0) is 7.40. The van der Waals surface area contributed by atoms with Gasteiger partial charge in [-0.05, 0) is 20.0 Å². The van der Waals surface area contributed by atoms with Crippen molar-refractivity contribution >= 4 is 0 Å². The standard InChI is InChI=1S/C7H16N2O/c1-8-6-3-4-9-5-7(6)10-2/h6-9H,3-5H2,1-2H3/t6-,7+/m0/s1. The molecule has 1 fully saturated rings. The molecule has 0 aromatic heterocycles. The van der Waals surface area contributed by atoms with Gasteiger partial charge in [0, 0.05) is 19.7 Å². The quantitative estimate of drug-likeness (QED) is 0.552. The van der Waals surface area contributed by atoms with E-state index in [0.717, 1.165) is 19.5 Å². The van der Waals surface area contributed by atoms with E-state index in [2.05, 4.69) is 10.6 Å². The largest absolute Gasteiger partial charge is 0.379 e. The molecule has 0 saturated carbocycles. The fourth-order valence-electron chi connectivity index (χ4n) is 1.41. The highest BCUT2D eigenvalue weighted by Crippen LogP contribution is 2.05. The average molecular weight is 144 g/mol. The fourth-order valence-corrected chi connectivity index (χ4v) is 1.41. The van der Waals surface area contributed by atoms with Crippen molar-refractivity contribution in [1.82, 2.24) is 10.6 Å². The molecular formula is C7H16N2O. The molecule has 0 unspecified atom stereocenters. The summed E-state index contributed by atoms with van der Waals surface area (Å²) in [4.78, 5) is 0.